The summed E-state index contributed by atoms with van der Waals surface area (Å²) in [5.74, 6) is 2.15. The van der Waals surface area contributed by atoms with Crippen LogP contribution >= 0.6 is 0 Å². The maximum absolute atomic E-state index is 11.5. The second kappa shape index (κ2) is 3.69. The quantitative estimate of drug-likeness (QED) is 0.608. The highest BCUT2D eigenvalue weighted by Gasteiger charge is 2.34. The first-order valence-electron chi connectivity index (χ1n) is 5.55. The molecule has 1 saturated heterocycles. The first-order chi connectivity index (χ1) is 6.27. The number of amides is 1. The van der Waals surface area contributed by atoms with E-state index in [0.717, 1.165) is 18.9 Å². The summed E-state index contributed by atoms with van der Waals surface area (Å²) in [6, 6.07) is 0. The lowest BCUT2D eigenvalue weighted by Gasteiger charge is -2.22. The highest BCUT2D eigenvalue weighted by Crippen LogP contribution is 2.32. The summed E-state index contributed by atoms with van der Waals surface area (Å²) in [5.41, 5.74) is 0. The van der Waals surface area contributed by atoms with Crippen LogP contribution in [0, 0.1) is 17.8 Å². The van der Waals surface area contributed by atoms with Crippen LogP contribution in [-0.2, 0) is 4.79 Å². The Morgan fingerprint density at radius 3 is 2.92 bits per heavy atom. The van der Waals surface area contributed by atoms with E-state index in [1.807, 2.05) is 0 Å². The molecule has 0 radical (unpaired) electrons. The van der Waals surface area contributed by atoms with Crippen LogP contribution in [0.25, 0.3) is 0 Å². The van der Waals surface area contributed by atoms with Crippen LogP contribution in [0.2, 0.25) is 0 Å². The first kappa shape index (κ1) is 9.04. The summed E-state index contributed by atoms with van der Waals surface area (Å²) >= 11 is 0. The highest BCUT2D eigenvalue weighted by molar-refractivity contribution is 5.81. The summed E-state index contributed by atoms with van der Waals surface area (Å²) < 4.78 is 0. The Hall–Kier alpha value is -0.530. The molecule has 1 aliphatic heterocycles. The molecule has 3 atom stereocenters. The minimum atomic E-state index is 0.319. The van der Waals surface area contributed by atoms with E-state index in [0.29, 0.717) is 17.7 Å². The molecule has 0 bridgehead atoms. The van der Waals surface area contributed by atoms with Crippen molar-refractivity contribution in [3.8, 4) is 0 Å². The Morgan fingerprint density at radius 1 is 1.23 bits per heavy atom. The van der Waals surface area contributed by atoms with Crippen molar-refractivity contribution in [3.63, 3.8) is 0 Å². The normalized spacial score (nSPS) is 40.4. The zero-order chi connectivity index (χ0) is 9.26. The second-order valence-corrected chi connectivity index (χ2v) is 4.73. The predicted octanol–water partition coefficient (Wildman–Crippen LogP) is 1.95. The van der Waals surface area contributed by atoms with Crippen molar-refractivity contribution in [2.75, 3.05) is 6.54 Å². The lowest BCUT2D eigenvalue weighted by molar-refractivity contribution is -0.123. The monoisotopic (exact) mass is 181 g/mol. The summed E-state index contributed by atoms with van der Waals surface area (Å²) in [5, 5.41) is 2.99. The molecule has 2 fully saturated rings. The molecule has 0 aromatic rings. The van der Waals surface area contributed by atoms with Crippen LogP contribution in [0.1, 0.15) is 39.0 Å². The predicted molar refractivity (Wildman–Crippen MR) is 52.2 cm³/mol. The molecule has 0 spiro atoms. The molecule has 3 unspecified atom stereocenters. The van der Waals surface area contributed by atoms with E-state index >= 15 is 0 Å². The lowest BCUT2D eigenvalue weighted by Crippen LogP contribution is -2.21. The third-order valence-electron chi connectivity index (χ3n) is 3.69. The molecule has 1 saturated carbocycles. The van der Waals surface area contributed by atoms with Gasteiger partial charge in [-0.25, -0.2) is 0 Å². The van der Waals surface area contributed by atoms with Gasteiger partial charge < -0.3 is 5.32 Å². The van der Waals surface area contributed by atoms with Crippen molar-refractivity contribution < 1.29 is 4.79 Å². The van der Waals surface area contributed by atoms with Crippen LogP contribution in [0.15, 0.2) is 0 Å². The summed E-state index contributed by atoms with van der Waals surface area (Å²) in [7, 11) is 0. The van der Waals surface area contributed by atoms with Crippen molar-refractivity contribution >= 4 is 5.91 Å². The molecular formula is C11H19NO. The van der Waals surface area contributed by atoms with Gasteiger partial charge in [0.1, 0.15) is 0 Å². The second-order valence-electron chi connectivity index (χ2n) is 4.73. The molecule has 1 heterocycles. The van der Waals surface area contributed by atoms with Crippen molar-refractivity contribution in [1.82, 2.24) is 5.32 Å². The molecule has 1 N–H and O–H groups in total. The number of hydrogen-bond donors (Lipinski definition) is 1. The molecule has 2 nitrogen and oxygen atoms in total. The number of nitrogens with one attached hydrogen (secondary N) is 1. The van der Waals surface area contributed by atoms with Crippen molar-refractivity contribution in [3.05, 3.63) is 0 Å². The van der Waals surface area contributed by atoms with Crippen LogP contribution in [0.3, 0.4) is 0 Å². The summed E-state index contributed by atoms with van der Waals surface area (Å²) in [4.78, 5) is 11.5. The molecule has 74 valence electrons. The Morgan fingerprint density at radius 2 is 2.08 bits per heavy atom. The SMILES string of the molecule is CC1CCCC2CNC(=O)C2CC1. The maximum Gasteiger partial charge on any atom is 0.223 e. The summed E-state index contributed by atoms with van der Waals surface area (Å²) in [6.07, 6.45) is 6.30. The van der Waals surface area contributed by atoms with Gasteiger partial charge in [0.15, 0.2) is 0 Å². The zero-order valence-corrected chi connectivity index (χ0v) is 8.38. The van der Waals surface area contributed by atoms with E-state index < -0.39 is 0 Å². The van der Waals surface area contributed by atoms with E-state index in [1.165, 1.54) is 25.7 Å². The molecule has 1 aliphatic carbocycles. The van der Waals surface area contributed by atoms with Gasteiger partial charge in [0.05, 0.1) is 0 Å². The van der Waals surface area contributed by atoms with E-state index in [-0.39, 0.29) is 0 Å². The molecule has 2 rings (SSSR count). The Balaban J connectivity index is 1.99. The van der Waals surface area contributed by atoms with E-state index in [2.05, 4.69) is 12.2 Å². The summed E-state index contributed by atoms with van der Waals surface area (Å²) in [6.45, 7) is 3.26. The molecule has 0 aromatic carbocycles. The van der Waals surface area contributed by atoms with Crippen LogP contribution in [0.4, 0.5) is 0 Å². The van der Waals surface area contributed by atoms with Gasteiger partial charge in [-0.3, -0.25) is 4.79 Å². The molecular weight excluding hydrogens is 162 g/mol. The fourth-order valence-electron chi connectivity index (χ4n) is 2.73. The van der Waals surface area contributed by atoms with Gasteiger partial charge >= 0.3 is 0 Å². The average molecular weight is 181 g/mol. The molecule has 13 heavy (non-hydrogen) atoms. The minimum absolute atomic E-state index is 0.319. The maximum atomic E-state index is 11.5. The standard InChI is InChI=1S/C11H19NO/c1-8-3-2-4-9-7-12-11(13)10(9)6-5-8/h8-10H,2-7H2,1H3,(H,12,13). The topological polar surface area (TPSA) is 29.1 Å². The minimum Gasteiger partial charge on any atom is -0.356 e. The first-order valence-corrected chi connectivity index (χ1v) is 5.55. The van der Waals surface area contributed by atoms with Crippen molar-refractivity contribution in [2.45, 2.75) is 39.0 Å². The van der Waals surface area contributed by atoms with Gasteiger partial charge in [-0.05, 0) is 31.1 Å². The molecule has 2 aliphatic rings. The van der Waals surface area contributed by atoms with Gasteiger partial charge in [-0.1, -0.05) is 19.8 Å². The Bertz CT molecular complexity index is 202. The van der Waals surface area contributed by atoms with Gasteiger partial charge in [-0.2, -0.15) is 0 Å². The van der Waals surface area contributed by atoms with Crippen LogP contribution < -0.4 is 5.32 Å². The van der Waals surface area contributed by atoms with Gasteiger partial charge in [0.25, 0.3) is 0 Å². The average Bonchev–Trinajstić information content (AvgIpc) is 2.40. The van der Waals surface area contributed by atoms with Crippen molar-refractivity contribution in [1.29, 1.82) is 0 Å². The van der Waals surface area contributed by atoms with Crippen LogP contribution in [0.5, 0.6) is 0 Å². The molecule has 2 heteroatoms. The third-order valence-corrected chi connectivity index (χ3v) is 3.69. The van der Waals surface area contributed by atoms with E-state index in [9.17, 15) is 4.79 Å². The number of rotatable bonds is 0. The third kappa shape index (κ3) is 1.87. The van der Waals surface area contributed by atoms with Gasteiger partial charge in [-0.15, -0.1) is 0 Å². The number of fused-ring (bicyclic) bond motifs is 1. The number of carbonyl (C=O) groups excluding carboxylic acids is 1. The fraction of sp³-hybridized carbons (Fsp3) is 0.909. The fourth-order valence-corrected chi connectivity index (χ4v) is 2.73. The van der Waals surface area contributed by atoms with E-state index in [1.54, 1.807) is 0 Å². The van der Waals surface area contributed by atoms with Gasteiger partial charge in [0.2, 0.25) is 5.91 Å². The molecule has 1 amide bonds. The number of hydrogen-bond acceptors (Lipinski definition) is 1. The zero-order valence-electron chi connectivity index (χ0n) is 8.38. The molecule has 0 aromatic heterocycles. The Labute approximate surface area is 80.1 Å². The smallest absolute Gasteiger partial charge is 0.223 e. The largest absolute Gasteiger partial charge is 0.356 e. The van der Waals surface area contributed by atoms with E-state index in [4.69, 9.17) is 0 Å². The number of carbonyl (C=O) groups is 1. The highest BCUT2D eigenvalue weighted by atomic mass is 16.2. The lowest BCUT2D eigenvalue weighted by atomic mass is 9.81. The van der Waals surface area contributed by atoms with Crippen LogP contribution in [-0.4, -0.2) is 12.5 Å². The Kier molecular flexibility index (Phi) is 2.56. The van der Waals surface area contributed by atoms with Gasteiger partial charge in [0, 0.05) is 12.5 Å². The van der Waals surface area contributed by atoms with Crippen molar-refractivity contribution in [2.24, 2.45) is 17.8 Å².